The second-order valence-electron chi connectivity index (χ2n) is 15.3. The molecule has 0 amide bonds. The van der Waals surface area contributed by atoms with Gasteiger partial charge in [0.05, 0.1) is 6.04 Å². The van der Waals surface area contributed by atoms with Crippen LogP contribution in [0.4, 0.5) is 8.78 Å². The monoisotopic (exact) mass is 702 g/mol. The van der Waals surface area contributed by atoms with Crippen molar-refractivity contribution in [3.63, 3.8) is 0 Å². The Balaban J connectivity index is 0.00000265. The smallest absolute Gasteiger partial charge is 0.228 e. The van der Waals surface area contributed by atoms with Gasteiger partial charge in [-0.15, -0.1) is 0 Å². The molecule has 0 radical (unpaired) electrons. The van der Waals surface area contributed by atoms with E-state index in [1.165, 1.54) is 24.5 Å². The minimum atomic E-state index is -1.55. The van der Waals surface area contributed by atoms with Gasteiger partial charge in [0.2, 0.25) is 5.12 Å². The van der Waals surface area contributed by atoms with Gasteiger partial charge >= 0.3 is 0 Å². The van der Waals surface area contributed by atoms with Crippen molar-refractivity contribution in [2.45, 2.75) is 130 Å². The summed E-state index contributed by atoms with van der Waals surface area (Å²) in [5.41, 5.74) is 4.57. The number of aldehydes is 1. The molecule has 0 aliphatic heterocycles. The molecule has 0 aromatic heterocycles. The van der Waals surface area contributed by atoms with Crippen molar-refractivity contribution in [3.05, 3.63) is 58.5 Å². The van der Waals surface area contributed by atoms with Crippen LogP contribution in [0.3, 0.4) is 0 Å². The lowest BCUT2D eigenvalue weighted by atomic mass is 9.49. The van der Waals surface area contributed by atoms with Crippen molar-refractivity contribution in [3.8, 4) is 5.75 Å². The van der Waals surface area contributed by atoms with Crippen molar-refractivity contribution in [2.24, 2.45) is 44.9 Å². The van der Waals surface area contributed by atoms with E-state index in [9.17, 15) is 18.9 Å². The summed E-state index contributed by atoms with van der Waals surface area (Å²) in [7, 11) is 0. The predicted molar refractivity (Wildman–Crippen MR) is 192 cm³/mol. The summed E-state index contributed by atoms with van der Waals surface area (Å²) in [5, 5.41) is 3.10. The van der Waals surface area contributed by atoms with Crippen molar-refractivity contribution in [2.75, 3.05) is 6.01 Å². The van der Waals surface area contributed by atoms with Gasteiger partial charge in [0.15, 0.2) is 11.4 Å². The number of halogens is 2. The Morgan fingerprint density at radius 1 is 1.12 bits per heavy atom. The van der Waals surface area contributed by atoms with Gasteiger partial charge in [0, 0.05) is 16.9 Å². The first-order valence-corrected chi connectivity index (χ1v) is 19.1. The number of benzene rings is 1. The number of rotatable bonds is 13. The van der Waals surface area contributed by atoms with Crippen molar-refractivity contribution < 1.29 is 28.1 Å². The van der Waals surface area contributed by atoms with Crippen LogP contribution in [0.1, 0.15) is 105 Å². The molecule has 4 fully saturated rings. The third kappa shape index (κ3) is 7.62. The SMILES string of the molecule is C/C=C\C1(C)/C(=C\C=O)[C@@H](F)CCC1C(CC1(C)C(C)CCC1(OOc1ccc(CC2CC3(CC(N)C3)C2)cc1)C(=O)SCF)N=O.CC. The van der Waals surface area contributed by atoms with Crippen molar-refractivity contribution in [1.82, 2.24) is 0 Å². The molecule has 0 heterocycles. The highest BCUT2D eigenvalue weighted by Crippen LogP contribution is 2.60. The third-order valence-corrected chi connectivity index (χ3v) is 13.2. The molecule has 4 saturated carbocycles. The maximum atomic E-state index is 15.2. The van der Waals surface area contributed by atoms with E-state index in [-0.39, 0.29) is 25.2 Å². The first kappa shape index (κ1) is 39.4. The molecule has 1 aromatic carbocycles. The molecular weight excluding hydrogens is 647 g/mol. The van der Waals surface area contributed by atoms with Crippen molar-refractivity contribution in [1.29, 1.82) is 0 Å². The second kappa shape index (κ2) is 16.3. The normalized spacial score (nSPS) is 38.3. The molecule has 49 heavy (non-hydrogen) atoms. The largest absolute Gasteiger partial charge is 0.336 e. The van der Waals surface area contributed by atoms with Crippen LogP contribution in [0.2, 0.25) is 0 Å². The Kier molecular flexibility index (Phi) is 13.1. The number of nitrogens with zero attached hydrogens (tertiary/aromatic N) is 1. The Bertz CT molecular complexity index is 1360. The highest BCUT2D eigenvalue weighted by atomic mass is 32.2. The van der Waals surface area contributed by atoms with Crippen LogP contribution in [0.5, 0.6) is 5.75 Å². The molecule has 4 aliphatic rings. The average Bonchev–Trinajstić information content (AvgIpc) is 3.31. The van der Waals surface area contributed by atoms with E-state index in [2.05, 4.69) is 5.18 Å². The zero-order valence-corrected chi connectivity index (χ0v) is 30.9. The number of nitroso groups, excluding NO2 is 1. The minimum Gasteiger partial charge on any atom is -0.336 e. The Labute approximate surface area is 295 Å². The van der Waals surface area contributed by atoms with Crippen LogP contribution in [0.25, 0.3) is 0 Å². The maximum absolute atomic E-state index is 15.2. The molecule has 7 nitrogen and oxygen atoms in total. The summed E-state index contributed by atoms with van der Waals surface area (Å²) in [4.78, 5) is 50.1. The van der Waals surface area contributed by atoms with Crippen LogP contribution < -0.4 is 10.6 Å². The Morgan fingerprint density at radius 2 is 1.80 bits per heavy atom. The summed E-state index contributed by atoms with van der Waals surface area (Å²) < 4.78 is 28.9. The molecule has 1 aromatic rings. The number of allylic oxidation sites excluding steroid dienone is 4. The van der Waals surface area contributed by atoms with Crippen LogP contribution in [-0.2, 0) is 20.9 Å². The van der Waals surface area contributed by atoms with Gasteiger partial charge in [-0.2, -0.15) is 9.79 Å². The number of hydrogen-bond donors (Lipinski definition) is 1. The second-order valence-corrected chi connectivity index (χ2v) is 16.1. The average molecular weight is 703 g/mol. The summed E-state index contributed by atoms with van der Waals surface area (Å²) in [6, 6.07) is 6.28. The van der Waals surface area contributed by atoms with E-state index >= 15 is 4.39 Å². The highest BCUT2D eigenvalue weighted by Gasteiger charge is 2.64. The molecule has 6 unspecified atom stereocenters. The first-order valence-electron chi connectivity index (χ1n) is 18.1. The zero-order valence-electron chi connectivity index (χ0n) is 30.1. The van der Waals surface area contributed by atoms with Crippen LogP contribution in [-0.4, -0.2) is 41.3 Å². The summed E-state index contributed by atoms with van der Waals surface area (Å²) >= 11 is 0.541. The van der Waals surface area contributed by atoms with Gasteiger partial charge in [-0.25, -0.2) is 8.78 Å². The van der Waals surface area contributed by atoms with E-state index in [1.807, 2.05) is 71.9 Å². The predicted octanol–water partition coefficient (Wildman–Crippen LogP) is 9.43. The number of alkyl halides is 2. The topological polar surface area (TPSA) is 108 Å². The van der Waals surface area contributed by atoms with Gasteiger partial charge in [0.1, 0.15) is 18.5 Å². The van der Waals surface area contributed by atoms with Gasteiger partial charge < -0.3 is 10.6 Å². The number of nitrogens with two attached hydrogens (primary N) is 1. The lowest BCUT2D eigenvalue weighted by Crippen LogP contribution is -2.55. The van der Waals surface area contributed by atoms with Gasteiger partial charge in [-0.3, -0.25) is 9.59 Å². The van der Waals surface area contributed by atoms with Crippen LogP contribution in [0, 0.1) is 38.9 Å². The molecule has 0 bridgehead atoms. The first-order chi connectivity index (χ1) is 23.4. The van der Waals surface area contributed by atoms with E-state index in [0.717, 1.165) is 19.3 Å². The van der Waals surface area contributed by atoms with Crippen molar-refractivity contribution >= 4 is 23.2 Å². The summed E-state index contributed by atoms with van der Waals surface area (Å²) in [5.74, 6) is 0.552. The molecule has 2 N–H and O–H groups in total. The van der Waals surface area contributed by atoms with Crippen LogP contribution in [0.15, 0.2) is 53.2 Å². The van der Waals surface area contributed by atoms with Gasteiger partial charge in [-0.05, 0) is 124 Å². The molecule has 0 saturated heterocycles. The number of carbonyl (C=O) groups excluding carboxylic acids is 2. The van der Waals surface area contributed by atoms with E-state index < -0.39 is 45.7 Å². The number of thioether (sulfide) groups is 1. The van der Waals surface area contributed by atoms with Gasteiger partial charge in [0.25, 0.3) is 0 Å². The molecule has 7 atom stereocenters. The Hall–Kier alpha value is -2.43. The molecular formula is C39H56F2N2O5S. The number of hydrogen-bond acceptors (Lipinski definition) is 8. The molecule has 4 aliphatic carbocycles. The minimum absolute atomic E-state index is 0.103. The van der Waals surface area contributed by atoms with E-state index in [4.69, 9.17) is 15.5 Å². The van der Waals surface area contributed by atoms with Crippen LogP contribution >= 0.6 is 11.8 Å². The maximum Gasteiger partial charge on any atom is 0.228 e. The van der Waals surface area contributed by atoms with E-state index in [1.54, 1.807) is 6.08 Å². The van der Waals surface area contributed by atoms with Gasteiger partial charge in [-0.1, -0.05) is 75.8 Å². The standard InChI is InChI=1S/C37H50F2N2O5S.C2H6/c1-5-14-34(3)29(13-16-42)31(39)11-10-30(34)32(41-44)22-35(4)24(2)12-15-37(35,33(43)47-23-38)46-45-28-8-6-25(7-9-28)17-26-18-36(19-26)20-27(40)21-36;1-2/h5-9,13-14,16,24,26-27,30-32H,10-12,15,17-23,40H2,1-4H3;1-2H3/b14-5-,29-13-;/t24?,26?,27?,30?,31-,32?,34?,35?,36?,37?;/m0./s1. The third-order valence-electron chi connectivity index (χ3n) is 12.5. The molecule has 10 heteroatoms. The molecule has 272 valence electrons. The summed E-state index contributed by atoms with van der Waals surface area (Å²) in [6.07, 6.45) is 11.4. The number of carbonyl (C=O) groups is 2. The molecule has 5 rings (SSSR count). The molecule has 1 spiro atoms. The Morgan fingerprint density at radius 3 is 2.37 bits per heavy atom. The quantitative estimate of drug-likeness (QED) is 0.0545. The lowest BCUT2D eigenvalue weighted by molar-refractivity contribution is -0.305. The fraction of sp³-hybridized carbons (Fsp3) is 0.692. The summed E-state index contributed by atoms with van der Waals surface area (Å²) in [6.45, 7) is 11.5. The fourth-order valence-electron chi connectivity index (χ4n) is 9.82. The van der Waals surface area contributed by atoms with E-state index in [0.29, 0.717) is 59.6 Å². The fourth-order valence-corrected chi connectivity index (χ4v) is 10.5. The highest BCUT2D eigenvalue weighted by molar-refractivity contribution is 8.13. The lowest BCUT2D eigenvalue weighted by Gasteiger charge is -2.57. The zero-order chi connectivity index (χ0) is 36.0.